The first-order valence-electron chi connectivity index (χ1n) is 30.6. The third-order valence-corrected chi connectivity index (χ3v) is 14.7. The molecule has 0 radical (unpaired) electrons. The summed E-state index contributed by atoms with van der Waals surface area (Å²) in [6.45, 7) is 6.24. The molecule has 0 atom stereocenters. The molecule has 7 nitrogen and oxygen atoms in total. The maximum atomic E-state index is 9.35. The molecule has 10 aromatic carbocycles. The zero-order valence-corrected chi connectivity index (χ0v) is 44.8. The van der Waals surface area contributed by atoms with Gasteiger partial charge in [-0.3, -0.25) is 4.57 Å². The number of imidazole rings is 1. The van der Waals surface area contributed by atoms with E-state index in [-0.39, 0.29) is 61.1 Å². The average molecular weight is 1210 g/mol. The average Bonchev–Trinajstić information content (AvgIpc) is 1.60. The molecule has 2 aliphatic rings. The predicted molar refractivity (Wildman–Crippen MR) is 313 cm³/mol. The summed E-state index contributed by atoms with van der Waals surface area (Å²) in [5.41, 5.74) is 8.09. The molecule has 3 aromatic heterocycles. The Balaban J connectivity index is 0.00000694. The number of pyridine rings is 1. The summed E-state index contributed by atoms with van der Waals surface area (Å²) in [5.74, 6) is 4.01. The maximum absolute atomic E-state index is 9.35. The Bertz CT molecular complexity index is 5020. The topological polar surface area (TPSA) is 54.3 Å². The summed E-state index contributed by atoms with van der Waals surface area (Å²) in [6, 6.07) is 53.4. The van der Waals surface area contributed by atoms with Gasteiger partial charge in [-0.05, 0) is 103 Å². The molecule has 0 saturated heterocycles. The summed E-state index contributed by atoms with van der Waals surface area (Å²) in [5, 5.41) is 1.98. The number of nitrogens with zero attached hydrogens (tertiary/aromatic N) is 4. The summed E-state index contributed by atoms with van der Waals surface area (Å²) < 4.78 is 116. The van der Waals surface area contributed by atoms with Crippen LogP contribution < -0.4 is 35.2 Å². The van der Waals surface area contributed by atoms with Crippen LogP contribution >= 0.6 is 0 Å². The molecule has 380 valence electrons. The Hall–Kier alpha value is -9.23. The smallest absolute Gasteiger partial charge is 0.268 e. The molecule has 5 heterocycles. The number of para-hydroxylation sites is 5. The number of fused-ring (bicyclic) bond motifs is 8. The van der Waals surface area contributed by atoms with E-state index >= 15 is 0 Å². The third kappa shape index (κ3) is 8.00. The van der Waals surface area contributed by atoms with Gasteiger partial charge in [0.2, 0.25) is 0 Å². The van der Waals surface area contributed by atoms with Gasteiger partial charge in [-0.1, -0.05) is 178 Å². The van der Waals surface area contributed by atoms with Crippen LogP contribution in [0, 0.1) is 18.5 Å². The van der Waals surface area contributed by atoms with Crippen molar-refractivity contribution >= 4 is 55.9 Å². The van der Waals surface area contributed by atoms with Crippen LogP contribution in [0.4, 0.5) is 0 Å². The molecule has 0 amide bonds. The van der Waals surface area contributed by atoms with Gasteiger partial charge in [0.25, 0.3) is 13.0 Å². The van der Waals surface area contributed by atoms with Crippen molar-refractivity contribution in [3.8, 4) is 85.1 Å². The normalized spacial score (nSPS) is 14.1. The fraction of sp³-hybridized carbons (Fsp3) is 0.0571. The van der Waals surface area contributed by atoms with Gasteiger partial charge in [0.1, 0.15) is 28.8 Å². The van der Waals surface area contributed by atoms with E-state index in [1.54, 1.807) is 33.4 Å². The molecule has 9 heteroatoms. The first-order chi connectivity index (χ1) is 42.5. The second-order valence-corrected chi connectivity index (χ2v) is 20.3. The molecule has 0 fully saturated rings. The van der Waals surface area contributed by atoms with Gasteiger partial charge in [-0.25, -0.2) is 4.98 Å². The number of benzene rings is 10. The number of rotatable bonds is 8. The van der Waals surface area contributed by atoms with E-state index in [0.717, 1.165) is 55.3 Å². The van der Waals surface area contributed by atoms with Crippen molar-refractivity contribution in [2.75, 3.05) is 0 Å². The minimum Gasteiger partial charge on any atom is -0.510 e. The van der Waals surface area contributed by atoms with Crippen molar-refractivity contribution < 1.29 is 53.6 Å². The first-order valence-corrected chi connectivity index (χ1v) is 25.6. The molecule has 13 aromatic rings. The van der Waals surface area contributed by atoms with Crippen molar-refractivity contribution in [2.24, 2.45) is 0 Å². The number of hydrogen-bond acceptors (Lipinski definition) is 4. The van der Waals surface area contributed by atoms with Crippen LogP contribution in [0.5, 0.6) is 34.5 Å². The Morgan fingerprint density at radius 1 is 0.595 bits per heavy atom. The Kier molecular flexibility index (Phi) is 9.25. The van der Waals surface area contributed by atoms with Crippen molar-refractivity contribution in [1.29, 1.82) is 0 Å². The SMILES string of the molecule is [2H]c1c([2H])c([2H])c(-c2cccc(-c3c([2H])c([2H])c([2H])c([2H])c3[2H])c2-[n+]2[c-]n(-c3[c-]c(Oc4[c-]c5c(cc4)c4ccccc4n5-c4cc(C(C)(C)C)ccn4)ccc3)c3c(-c4ccc5c6c4Oc4ccccc4B6c4ccccc4O5)cccc32)c([2H])c1[2H].[Pt]. The third-order valence-electron chi connectivity index (χ3n) is 14.7. The first kappa shape index (κ1) is 38.3. The monoisotopic (exact) mass is 1210 g/mol. The maximum Gasteiger partial charge on any atom is 0.268 e. The Morgan fingerprint density at radius 3 is 2.00 bits per heavy atom. The molecule has 0 N–H and O–H groups in total. The molecule has 0 saturated carbocycles. The van der Waals surface area contributed by atoms with Crippen molar-refractivity contribution in [3.05, 3.63) is 254 Å². The van der Waals surface area contributed by atoms with Gasteiger partial charge in [0.15, 0.2) is 0 Å². The largest absolute Gasteiger partial charge is 0.510 e. The molecule has 79 heavy (non-hydrogen) atoms. The zero-order valence-electron chi connectivity index (χ0n) is 52.6. The minimum absolute atomic E-state index is 0. The van der Waals surface area contributed by atoms with Crippen molar-refractivity contribution in [1.82, 2.24) is 14.1 Å². The van der Waals surface area contributed by atoms with Crippen LogP contribution in [0.1, 0.15) is 40.0 Å². The second kappa shape index (κ2) is 19.0. The molecular formula is C70H47BN4O3Pt-2. The van der Waals surface area contributed by atoms with Crippen molar-refractivity contribution in [2.45, 2.75) is 26.2 Å². The van der Waals surface area contributed by atoms with Gasteiger partial charge in [-0.2, -0.15) is 18.2 Å². The van der Waals surface area contributed by atoms with Crippen LogP contribution in [0.25, 0.3) is 83.4 Å². The van der Waals surface area contributed by atoms with E-state index in [1.165, 1.54) is 0 Å². The van der Waals surface area contributed by atoms with Gasteiger partial charge in [-0.15, -0.1) is 29.7 Å². The second-order valence-electron chi connectivity index (χ2n) is 20.3. The van der Waals surface area contributed by atoms with E-state index in [0.29, 0.717) is 56.6 Å². The van der Waals surface area contributed by atoms with Crippen molar-refractivity contribution in [3.63, 3.8) is 0 Å². The molecule has 2 aliphatic heterocycles. The van der Waals surface area contributed by atoms with Gasteiger partial charge >= 0.3 is 0 Å². The molecule has 0 bridgehead atoms. The molecule has 0 unspecified atom stereocenters. The van der Waals surface area contributed by atoms with Crippen LogP contribution in [-0.2, 0) is 26.5 Å². The molecule has 0 aliphatic carbocycles. The summed E-state index contributed by atoms with van der Waals surface area (Å²) >= 11 is 0. The zero-order chi connectivity index (χ0) is 60.8. The Labute approximate surface area is 487 Å². The van der Waals surface area contributed by atoms with Crippen LogP contribution in [0.15, 0.2) is 230 Å². The van der Waals surface area contributed by atoms with E-state index < -0.39 is 60.4 Å². The summed E-state index contributed by atoms with van der Waals surface area (Å²) in [4.78, 5) is 4.86. The predicted octanol–water partition coefficient (Wildman–Crippen LogP) is 14.6. The molecule has 0 spiro atoms. The van der Waals surface area contributed by atoms with Crippen LogP contribution in [0.3, 0.4) is 0 Å². The van der Waals surface area contributed by atoms with E-state index in [9.17, 15) is 5.48 Å². The van der Waals surface area contributed by atoms with Gasteiger partial charge in [0, 0.05) is 55.3 Å². The van der Waals surface area contributed by atoms with E-state index in [2.05, 4.69) is 74.1 Å². The number of aromatic nitrogens is 4. The fourth-order valence-corrected chi connectivity index (χ4v) is 11.2. The van der Waals surface area contributed by atoms with E-state index in [1.807, 2.05) is 115 Å². The molecule has 15 rings (SSSR count). The Morgan fingerprint density at radius 2 is 1.25 bits per heavy atom. The summed E-state index contributed by atoms with van der Waals surface area (Å²) in [6.07, 6.45) is 5.42. The minimum atomic E-state index is -0.599. The van der Waals surface area contributed by atoms with Gasteiger partial charge in [0.05, 0.1) is 30.4 Å². The van der Waals surface area contributed by atoms with Crippen LogP contribution in [-0.4, -0.2) is 20.8 Å². The molecular weight excluding hydrogens is 1150 g/mol. The van der Waals surface area contributed by atoms with Gasteiger partial charge < -0.3 is 23.3 Å². The standard InChI is InChI=1S/C70H47BN4O3.Pt/c1-70(2,3)47-39-40-72-65(41-47)75-59-31-13-10-25-53(59)54-36-35-50(43-61(54)75)76-49-24-16-23-48(42-49)73-44-74(67-51(45-19-6-4-7-20-45)26-17-27-52(67)46-21-8-5-9-22-46)60-32-18-28-55(68(60)73)56-37-38-64-66-69(56)78-63-34-15-12-30-58(63)71(66)57-29-11-14-33-62(57)77-64;/h4-41H,1-3H3;/q-2;/i4D,5D,6D,7D,8D,9D,19D,20D,21D,22D;. The number of hydrogen-bond donors (Lipinski definition) is 0. The quantitative estimate of drug-likeness (QED) is 0.0864. The summed E-state index contributed by atoms with van der Waals surface area (Å²) in [7, 11) is 0. The fourth-order valence-electron chi connectivity index (χ4n) is 11.2. The van der Waals surface area contributed by atoms with Crippen LogP contribution in [0.2, 0.25) is 0 Å². The van der Waals surface area contributed by atoms with E-state index in [4.69, 9.17) is 27.4 Å². The number of ether oxygens (including phenoxy) is 3.